The van der Waals surface area contributed by atoms with Gasteiger partial charge in [0.15, 0.2) is 0 Å². The number of aromatic nitrogens is 1. The number of nitriles is 1. The molecule has 2 heterocycles. The number of hydrogen-bond donors (Lipinski definition) is 0. The van der Waals surface area contributed by atoms with E-state index in [0.717, 1.165) is 40.0 Å². The Kier molecular flexibility index (Phi) is 6.67. The van der Waals surface area contributed by atoms with Crippen molar-refractivity contribution in [3.05, 3.63) is 118 Å². The zero-order valence-electron chi connectivity index (χ0n) is 20.3. The third-order valence-corrected chi connectivity index (χ3v) is 7.06. The fraction of sp³-hybridized carbons (Fsp3) is 0.100. The SMILES string of the molecule is Cc1cc(/C=C2\SC(=O)N(c3ccccc3)C2=O)c(C)n1-c1ccc(OCc2ccccc2C#N)cc1. The number of anilines is 1. The van der Waals surface area contributed by atoms with Crippen molar-refractivity contribution in [2.24, 2.45) is 0 Å². The zero-order valence-corrected chi connectivity index (χ0v) is 21.2. The van der Waals surface area contributed by atoms with Crippen LogP contribution in [0.3, 0.4) is 0 Å². The number of carbonyl (C=O) groups excluding carboxylic acids is 2. The molecule has 1 aromatic heterocycles. The summed E-state index contributed by atoms with van der Waals surface area (Å²) in [6, 6.07) is 28.3. The summed E-state index contributed by atoms with van der Waals surface area (Å²) in [6.45, 7) is 4.31. The second-order valence-corrected chi connectivity index (χ2v) is 9.56. The molecule has 0 spiro atoms. The Morgan fingerprint density at radius 1 is 0.919 bits per heavy atom. The van der Waals surface area contributed by atoms with Crippen LogP contribution in [-0.2, 0) is 11.4 Å². The molecular formula is C30H23N3O3S. The van der Waals surface area contributed by atoms with Crippen molar-refractivity contribution in [2.75, 3.05) is 4.90 Å². The minimum absolute atomic E-state index is 0.302. The van der Waals surface area contributed by atoms with Crippen LogP contribution in [0.1, 0.15) is 28.1 Å². The van der Waals surface area contributed by atoms with Gasteiger partial charge in [-0.25, -0.2) is 4.90 Å². The van der Waals surface area contributed by atoms with Crippen LogP contribution in [0.15, 0.2) is 89.8 Å². The van der Waals surface area contributed by atoms with Gasteiger partial charge in [-0.15, -0.1) is 0 Å². The van der Waals surface area contributed by atoms with Gasteiger partial charge in [0.25, 0.3) is 11.1 Å². The summed E-state index contributed by atoms with van der Waals surface area (Å²) in [5.74, 6) is 0.388. The van der Waals surface area contributed by atoms with Gasteiger partial charge in [0, 0.05) is 22.6 Å². The van der Waals surface area contributed by atoms with Crippen LogP contribution in [0.2, 0.25) is 0 Å². The molecule has 0 bridgehead atoms. The molecule has 3 aromatic carbocycles. The second kappa shape index (κ2) is 10.2. The topological polar surface area (TPSA) is 75.3 Å². The van der Waals surface area contributed by atoms with Gasteiger partial charge in [-0.2, -0.15) is 5.26 Å². The fourth-order valence-corrected chi connectivity index (χ4v) is 5.18. The molecule has 0 unspecified atom stereocenters. The summed E-state index contributed by atoms with van der Waals surface area (Å²) in [6.07, 6.45) is 1.79. The number of amides is 2. The van der Waals surface area contributed by atoms with Crippen LogP contribution in [0, 0.1) is 25.2 Å². The van der Waals surface area contributed by atoms with Crippen molar-refractivity contribution in [2.45, 2.75) is 20.5 Å². The third kappa shape index (κ3) is 4.80. The summed E-state index contributed by atoms with van der Waals surface area (Å²) in [5.41, 5.74) is 5.81. The molecule has 0 saturated carbocycles. The smallest absolute Gasteiger partial charge is 0.298 e. The predicted octanol–water partition coefficient (Wildman–Crippen LogP) is 6.79. The standard InChI is InChI=1S/C30H23N3O3S/c1-20-16-24(17-28-29(34)33(30(35)37-28)25-10-4-3-5-11-25)21(2)32(20)26-12-14-27(15-13-26)36-19-23-9-7-6-8-22(23)18-31/h3-17H,19H2,1-2H3/b28-17-. The van der Waals surface area contributed by atoms with Crippen LogP contribution in [0.25, 0.3) is 11.8 Å². The number of hydrogen-bond acceptors (Lipinski definition) is 5. The van der Waals surface area contributed by atoms with Crippen molar-refractivity contribution in [3.8, 4) is 17.5 Å². The van der Waals surface area contributed by atoms with E-state index in [1.165, 1.54) is 4.90 Å². The lowest BCUT2D eigenvalue weighted by molar-refractivity contribution is -0.113. The van der Waals surface area contributed by atoms with E-state index in [1.54, 1.807) is 36.4 Å². The lowest BCUT2D eigenvalue weighted by Gasteiger charge is -2.12. The van der Waals surface area contributed by atoms with Gasteiger partial charge in [-0.1, -0.05) is 36.4 Å². The first-order chi connectivity index (χ1) is 18.0. The van der Waals surface area contributed by atoms with E-state index in [0.29, 0.717) is 28.5 Å². The van der Waals surface area contributed by atoms with E-state index in [4.69, 9.17) is 4.74 Å². The van der Waals surface area contributed by atoms with Crippen LogP contribution in [0.4, 0.5) is 10.5 Å². The Balaban J connectivity index is 1.35. The Bertz CT molecular complexity index is 1560. The normalized spacial score (nSPS) is 14.3. The molecule has 1 aliphatic rings. The van der Waals surface area contributed by atoms with Gasteiger partial charge in [0.1, 0.15) is 12.4 Å². The molecule has 5 rings (SSSR count). The molecule has 7 heteroatoms. The van der Waals surface area contributed by atoms with E-state index < -0.39 is 0 Å². The number of thioether (sulfide) groups is 1. The van der Waals surface area contributed by atoms with Crippen molar-refractivity contribution >= 4 is 34.7 Å². The number of nitrogens with zero attached hydrogens (tertiary/aromatic N) is 3. The molecule has 1 saturated heterocycles. The van der Waals surface area contributed by atoms with Crippen LogP contribution in [0.5, 0.6) is 5.75 Å². The maximum atomic E-state index is 13.0. The van der Waals surface area contributed by atoms with Gasteiger partial charge in [-0.3, -0.25) is 9.59 Å². The highest BCUT2D eigenvalue weighted by atomic mass is 32.2. The summed E-state index contributed by atoms with van der Waals surface area (Å²) in [5, 5.41) is 8.96. The molecule has 0 radical (unpaired) electrons. The predicted molar refractivity (Wildman–Crippen MR) is 146 cm³/mol. The maximum Gasteiger partial charge on any atom is 0.298 e. The number of aryl methyl sites for hydroxylation is 1. The van der Waals surface area contributed by atoms with Crippen LogP contribution >= 0.6 is 11.8 Å². The van der Waals surface area contributed by atoms with Crippen molar-refractivity contribution < 1.29 is 14.3 Å². The molecule has 37 heavy (non-hydrogen) atoms. The van der Waals surface area contributed by atoms with E-state index in [-0.39, 0.29) is 11.1 Å². The van der Waals surface area contributed by atoms with Crippen molar-refractivity contribution in [3.63, 3.8) is 0 Å². The first-order valence-electron chi connectivity index (χ1n) is 11.7. The lowest BCUT2D eigenvalue weighted by atomic mass is 10.1. The first kappa shape index (κ1) is 24.2. The summed E-state index contributed by atoms with van der Waals surface area (Å²) >= 11 is 0.952. The maximum absolute atomic E-state index is 13.0. The molecule has 4 aromatic rings. The number of imide groups is 1. The van der Waals surface area contributed by atoms with Gasteiger partial charge >= 0.3 is 0 Å². The van der Waals surface area contributed by atoms with Crippen molar-refractivity contribution in [1.29, 1.82) is 5.26 Å². The number of carbonyl (C=O) groups is 2. The summed E-state index contributed by atoms with van der Waals surface area (Å²) < 4.78 is 8.00. The first-order valence-corrected chi connectivity index (χ1v) is 12.5. The monoisotopic (exact) mass is 505 g/mol. The van der Waals surface area contributed by atoms with E-state index in [2.05, 4.69) is 10.6 Å². The van der Waals surface area contributed by atoms with Gasteiger partial charge in [-0.05, 0) is 85.8 Å². The molecule has 0 atom stereocenters. The van der Waals surface area contributed by atoms with E-state index >= 15 is 0 Å². The Morgan fingerprint density at radius 2 is 1.62 bits per heavy atom. The van der Waals surface area contributed by atoms with Gasteiger partial charge < -0.3 is 9.30 Å². The average Bonchev–Trinajstić information content (AvgIpc) is 3.36. The third-order valence-electron chi connectivity index (χ3n) is 6.19. The average molecular weight is 506 g/mol. The molecule has 2 amide bonds. The quantitative estimate of drug-likeness (QED) is 0.270. The molecular weight excluding hydrogens is 482 g/mol. The largest absolute Gasteiger partial charge is 0.489 e. The lowest BCUT2D eigenvalue weighted by Crippen LogP contribution is -2.27. The second-order valence-electron chi connectivity index (χ2n) is 8.57. The van der Waals surface area contributed by atoms with Crippen LogP contribution < -0.4 is 9.64 Å². The van der Waals surface area contributed by atoms with Crippen molar-refractivity contribution in [1.82, 2.24) is 4.57 Å². The number of ether oxygens (including phenoxy) is 1. The minimum atomic E-state index is -0.314. The Labute approximate surface area is 219 Å². The highest BCUT2D eigenvalue weighted by molar-refractivity contribution is 8.19. The molecule has 1 aliphatic heterocycles. The highest BCUT2D eigenvalue weighted by Gasteiger charge is 2.36. The van der Waals surface area contributed by atoms with Crippen LogP contribution in [-0.4, -0.2) is 15.7 Å². The minimum Gasteiger partial charge on any atom is -0.489 e. The molecule has 0 N–H and O–H groups in total. The molecule has 0 aliphatic carbocycles. The Hall–Kier alpha value is -4.54. The highest BCUT2D eigenvalue weighted by Crippen LogP contribution is 2.36. The van der Waals surface area contributed by atoms with E-state index in [1.807, 2.05) is 68.4 Å². The zero-order chi connectivity index (χ0) is 25.9. The number of para-hydroxylation sites is 1. The summed E-state index contributed by atoms with van der Waals surface area (Å²) in [7, 11) is 0. The molecule has 182 valence electrons. The number of rotatable bonds is 6. The number of benzene rings is 3. The molecule has 1 fully saturated rings. The van der Waals surface area contributed by atoms with Gasteiger partial charge in [0.05, 0.1) is 22.2 Å². The van der Waals surface area contributed by atoms with E-state index in [9.17, 15) is 14.9 Å². The summed E-state index contributed by atoms with van der Waals surface area (Å²) in [4.78, 5) is 27.2. The Morgan fingerprint density at radius 3 is 2.35 bits per heavy atom. The van der Waals surface area contributed by atoms with Gasteiger partial charge in [0.2, 0.25) is 0 Å². The fourth-order valence-electron chi connectivity index (χ4n) is 4.35. The molecule has 6 nitrogen and oxygen atoms in total.